The number of carbonyl (C=O) groups is 2. The second-order valence-corrected chi connectivity index (χ2v) is 14.0. The Morgan fingerprint density at radius 3 is 1.06 bits per heavy atom. The average molecular weight is 752 g/mol. The third kappa shape index (κ3) is 28.1. The van der Waals surface area contributed by atoms with Crippen molar-refractivity contribution in [3.63, 3.8) is 0 Å². The molecule has 2 aromatic heterocycles. The van der Waals surface area contributed by atoms with Gasteiger partial charge in [-0.25, -0.2) is 9.13 Å². The van der Waals surface area contributed by atoms with E-state index in [0.29, 0.717) is 39.1 Å². The number of halogens is 2. The van der Waals surface area contributed by atoms with E-state index in [1.54, 1.807) is 0 Å². The van der Waals surface area contributed by atoms with Crippen LogP contribution in [0, 0.1) is 0 Å². The maximum Gasteiger partial charge on any atom is 0.306 e. The smallest absolute Gasteiger partial charge is 0.306 e. The maximum absolute atomic E-state index is 12.1. The summed E-state index contributed by atoms with van der Waals surface area (Å²) in [6, 6.07) is 8.68. The first-order chi connectivity index (χ1) is 24.1. The summed E-state index contributed by atoms with van der Waals surface area (Å²) in [7, 11) is 0. The van der Waals surface area contributed by atoms with Gasteiger partial charge in [0.2, 0.25) is 0 Å². The van der Waals surface area contributed by atoms with E-state index in [0.717, 1.165) is 44.9 Å². The monoisotopic (exact) mass is 750 g/mol. The Labute approximate surface area is 324 Å². The van der Waals surface area contributed by atoms with Gasteiger partial charge in [0, 0.05) is 37.1 Å². The maximum atomic E-state index is 12.1. The fraction of sp³-hybridized carbons (Fsp3) is 0.721. The molecule has 0 radical (unpaired) electrons. The van der Waals surface area contributed by atoms with Gasteiger partial charge < -0.3 is 34.3 Å². The number of esters is 2. The zero-order valence-corrected chi connectivity index (χ0v) is 33.9. The van der Waals surface area contributed by atoms with E-state index in [1.807, 2.05) is 0 Å². The quantitative estimate of drug-likeness (QED) is 0.0641. The van der Waals surface area contributed by atoms with E-state index in [-0.39, 0.29) is 36.8 Å². The van der Waals surface area contributed by atoms with Crippen LogP contribution in [0.15, 0.2) is 49.1 Å². The van der Waals surface area contributed by atoms with Gasteiger partial charge in [0.15, 0.2) is 51.1 Å². The van der Waals surface area contributed by atoms with Crippen molar-refractivity contribution in [1.82, 2.24) is 0 Å². The minimum Gasteiger partial charge on any atom is -1.00 e. The molecule has 0 aliphatic heterocycles. The largest absolute Gasteiger partial charge is 1.00 e. The van der Waals surface area contributed by atoms with E-state index < -0.39 is 0 Å². The van der Waals surface area contributed by atoms with Crippen molar-refractivity contribution >= 4 is 11.9 Å². The third-order valence-corrected chi connectivity index (χ3v) is 9.55. The van der Waals surface area contributed by atoms with Gasteiger partial charge in [0.1, 0.15) is 0 Å². The summed E-state index contributed by atoms with van der Waals surface area (Å²) < 4.78 is 15.1. The van der Waals surface area contributed by atoms with Crippen molar-refractivity contribution in [2.75, 3.05) is 13.2 Å². The number of aromatic nitrogens is 2. The summed E-state index contributed by atoms with van der Waals surface area (Å²) in [5.41, 5.74) is 2.64. The van der Waals surface area contributed by atoms with Crippen molar-refractivity contribution in [2.24, 2.45) is 0 Å². The Kier molecular flexibility index (Phi) is 33.4. The normalized spacial score (nSPS) is 10.7. The number of carbonyl (C=O) groups excluding carboxylic acids is 2. The van der Waals surface area contributed by atoms with Crippen LogP contribution in [-0.2, 0) is 45.0 Å². The van der Waals surface area contributed by atoms with Crippen molar-refractivity contribution in [3.8, 4) is 0 Å². The van der Waals surface area contributed by atoms with Crippen molar-refractivity contribution in [1.29, 1.82) is 0 Å². The molecule has 2 aromatic rings. The zero-order valence-electron chi connectivity index (χ0n) is 32.4. The molecule has 292 valence electrons. The van der Waals surface area contributed by atoms with Crippen LogP contribution in [0.3, 0.4) is 0 Å². The van der Waals surface area contributed by atoms with Crippen LogP contribution >= 0.6 is 0 Å². The molecule has 0 saturated carbocycles. The lowest BCUT2D eigenvalue weighted by Crippen LogP contribution is -3.00. The standard InChI is InChI=1S/C43H72N2O4.2ClH/c1-3-5-7-9-11-13-15-17-19-21-26-42(46)48-38-36-44-32-28-40(29-33-44)24-23-25-41-30-34-45(35-31-41)37-39-49-43(47)27-22-20-18-16-14-12-10-8-6-4-2;;/h28-35H,3-27,36-39H2,1-2H3;2*1H/q+2;;/p-2. The van der Waals surface area contributed by atoms with E-state index in [9.17, 15) is 9.59 Å². The molecule has 0 atom stereocenters. The minimum atomic E-state index is -0.0681. The number of aryl methyl sites for hydroxylation is 2. The number of rotatable bonds is 32. The second kappa shape index (κ2) is 34.9. The van der Waals surface area contributed by atoms with Crippen LogP contribution in [0.4, 0.5) is 0 Å². The van der Waals surface area contributed by atoms with Gasteiger partial charge in [-0.15, -0.1) is 0 Å². The van der Waals surface area contributed by atoms with Gasteiger partial charge in [0.25, 0.3) is 0 Å². The Morgan fingerprint density at radius 2 is 0.745 bits per heavy atom. The van der Waals surface area contributed by atoms with Crippen LogP contribution in [0.2, 0.25) is 0 Å². The molecule has 6 nitrogen and oxygen atoms in total. The summed E-state index contributed by atoms with van der Waals surface area (Å²) in [6.07, 6.45) is 38.0. The highest BCUT2D eigenvalue weighted by Crippen LogP contribution is 2.13. The first-order valence-corrected chi connectivity index (χ1v) is 20.4. The molecular formula is C43H72Cl2N2O4. The Hall–Kier alpha value is -2.18. The van der Waals surface area contributed by atoms with E-state index >= 15 is 0 Å². The number of hydrogen-bond acceptors (Lipinski definition) is 4. The van der Waals surface area contributed by atoms with Gasteiger partial charge in [-0.05, 0) is 43.2 Å². The van der Waals surface area contributed by atoms with E-state index in [4.69, 9.17) is 9.47 Å². The summed E-state index contributed by atoms with van der Waals surface area (Å²) in [4.78, 5) is 24.2. The average Bonchev–Trinajstić information content (AvgIpc) is 3.11. The summed E-state index contributed by atoms with van der Waals surface area (Å²) in [5.74, 6) is -0.136. The fourth-order valence-electron chi connectivity index (χ4n) is 6.29. The molecule has 0 amide bonds. The molecule has 0 aliphatic rings. The highest BCUT2D eigenvalue weighted by Gasteiger charge is 2.08. The van der Waals surface area contributed by atoms with Gasteiger partial charge in [-0.1, -0.05) is 129 Å². The molecule has 0 saturated heterocycles. The molecule has 0 aromatic carbocycles. The molecule has 51 heavy (non-hydrogen) atoms. The molecule has 8 heteroatoms. The van der Waals surface area contributed by atoms with Crippen LogP contribution in [0.1, 0.15) is 173 Å². The Bertz CT molecular complexity index is 997. The van der Waals surface area contributed by atoms with E-state index in [2.05, 4.69) is 72.0 Å². The number of ether oxygens (including phenoxy) is 2. The molecular weight excluding hydrogens is 679 g/mol. The molecule has 0 fully saturated rings. The summed E-state index contributed by atoms with van der Waals surface area (Å²) in [6.45, 7) is 6.75. The zero-order chi connectivity index (χ0) is 35.0. The van der Waals surface area contributed by atoms with Crippen LogP contribution < -0.4 is 33.9 Å². The van der Waals surface area contributed by atoms with Crippen molar-refractivity contribution in [3.05, 3.63) is 60.2 Å². The highest BCUT2D eigenvalue weighted by molar-refractivity contribution is 5.69. The molecule has 2 rings (SSSR count). The Morgan fingerprint density at radius 1 is 0.451 bits per heavy atom. The number of pyridine rings is 2. The van der Waals surface area contributed by atoms with Gasteiger partial charge >= 0.3 is 11.9 Å². The van der Waals surface area contributed by atoms with Gasteiger partial charge in [-0.2, -0.15) is 0 Å². The Balaban J connectivity index is 0.0000125. The number of unbranched alkanes of at least 4 members (excludes halogenated alkanes) is 18. The minimum absolute atomic E-state index is 0. The van der Waals surface area contributed by atoms with Gasteiger partial charge in [-0.3, -0.25) is 9.59 Å². The third-order valence-electron chi connectivity index (χ3n) is 9.55. The summed E-state index contributed by atoms with van der Waals surface area (Å²) >= 11 is 0. The van der Waals surface area contributed by atoms with Crippen LogP contribution in [-0.4, -0.2) is 25.2 Å². The lowest BCUT2D eigenvalue weighted by Gasteiger charge is -2.05. The molecule has 0 bridgehead atoms. The van der Waals surface area contributed by atoms with Crippen molar-refractivity contribution in [2.45, 2.75) is 187 Å². The molecule has 0 spiro atoms. The predicted octanol–water partition coefficient (Wildman–Crippen LogP) is 4.15. The highest BCUT2D eigenvalue weighted by atomic mass is 35.5. The SMILES string of the molecule is CCCCCCCCCCCCC(=O)OCC[n+]1ccc(CCCc2cc[n+](CCOC(=O)CCCCCCCCCCCC)cc2)cc1.[Cl-].[Cl-]. The first kappa shape index (κ1) is 48.8. The molecule has 0 unspecified atom stereocenters. The lowest BCUT2D eigenvalue weighted by atomic mass is 10.1. The number of hydrogen-bond donors (Lipinski definition) is 0. The molecule has 0 aliphatic carbocycles. The predicted molar refractivity (Wildman–Crippen MR) is 200 cm³/mol. The fourth-order valence-corrected chi connectivity index (χ4v) is 6.29. The van der Waals surface area contributed by atoms with Crippen molar-refractivity contribution < 1.29 is 53.0 Å². The van der Waals surface area contributed by atoms with Gasteiger partial charge in [0.05, 0.1) is 0 Å². The first-order valence-electron chi connectivity index (χ1n) is 20.4. The lowest BCUT2D eigenvalue weighted by molar-refractivity contribution is -0.698. The number of nitrogens with zero attached hydrogens (tertiary/aromatic N) is 2. The molecule has 0 N–H and O–H groups in total. The van der Waals surface area contributed by atoms with E-state index in [1.165, 1.54) is 114 Å². The molecule has 2 heterocycles. The van der Waals surface area contributed by atoms with Crippen LogP contribution in [0.5, 0.6) is 0 Å². The second-order valence-electron chi connectivity index (χ2n) is 14.0. The summed E-state index contributed by atoms with van der Waals surface area (Å²) in [5, 5.41) is 0. The van der Waals surface area contributed by atoms with Crippen LogP contribution in [0.25, 0.3) is 0 Å². The topological polar surface area (TPSA) is 60.4 Å².